The number of hydrogen-bond donors (Lipinski definition) is 3. The van der Waals surface area contributed by atoms with Gasteiger partial charge in [-0.1, -0.05) is 0 Å². The molecule has 0 radical (unpaired) electrons. The number of phenols is 1. The van der Waals surface area contributed by atoms with Crippen molar-refractivity contribution in [2.45, 2.75) is 26.4 Å². The topological polar surface area (TPSA) is 138 Å². The molecular formula is C20H21N3O6. The number of ether oxygens (including phenoxy) is 1. The molecule has 2 rings (SSSR count). The quantitative estimate of drug-likeness (QED) is 0.458. The smallest absolute Gasteiger partial charge is 0.339 e. The van der Waals surface area contributed by atoms with Crippen LogP contribution in [0.2, 0.25) is 0 Å². The third-order valence-electron chi connectivity index (χ3n) is 3.60. The Hall–Kier alpha value is -3.75. The van der Waals surface area contributed by atoms with E-state index >= 15 is 0 Å². The number of nitrogens with one attached hydrogen (secondary N) is 1. The van der Waals surface area contributed by atoms with Gasteiger partial charge < -0.3 is 20.3 Å². The lowest BCUT2D eigenvalue weighted by atomic mass is 10.2. The third kappa shape index (κ3) is 6.73. The van der Waals surface area contributed by atoms with Gasteiger partial charge in [-0.25, -0.2) is 4.79 Å². The van der Waals surface area contributed by atoms with E-state index in [9.17, 15) is 19.5 Å². The van der Waals surface area contributed by atoms with Crippen LogP contribution < -0.4 is 5.32 Å². The number of amides is 1. The molecule has 9 nitrogen and oxygen atoms in total. The van der Waals surface area contributed by atoms with Crippen molar-refractivity contribution in [1.29, 1.82) is 0 Å². The van der Waals surface area contributed by atoms with Gasteiger partial charge in [0.05, 0.1) is 23.9 Å². The lowest BCUT2D eigenvalue weighted by Gasteiger charge is -2.08. The highest BCUT2D eigenvalue weighted by Gasteiger charge is 2.10. The van der Waals surface area contributed by atoms with Crippen molar-refractivity contribution in [3.05, 3.63) is 53.6 Å². The molecule has 29 heavy (non-hydrogen) atoms. The van der Waals surface area contributed by atoms with Gasteiger partial charge >= 0.3 is 11.9 Å². The van der Waals surface area contributed by atoms with E-state index in [-0.39, 0.29) is 47.9 Å². The highest BCUT2D eigenvalue weighted by Crippen LogP contribution is 2.25. The predicted molar refractivity (Wildman–Crippen MR) is 104 cm³/mol. The summed E-state index contributed by atoms with van der Waals surface area (Å²) in [4.78, 5) is 34.5. The fraction of sp³-hybridized carbons (Fsp3) is 0.250. The van der Waals surface area contributed by atoms with Gasteiger partial charge in [0.1, 0.15) is 11.3 Å². The maximum atomic E-state index is 12.1. The molecule has 2 aromatic carbocycles. The Morgan fingerprint density at radius 1 is 1.03 bits per heavy atom. The minimum absolute atomic E-state index is 0.0845. The number of carboxylic acid groups (broad SMARTS) is 1. The first-order valence-electron chi connectivity index (χ1n) is 8.82. The fourth-order valence-electron chi connectivity index (χ4n) is 2.25. The maximum Gasteiger partial charge on any atom is 0.339 e. The number of aromatic carboxylic acids is 1. The van der Waals surface area contributed by atoms with E-state index in [0.717, 1.165) is 0 Å². The second-order valence-electron chi connectivity index (χ2n) is 6.30. The SMILES string of the molecule is CC(C)OC(=O)CCNC(=O)c1ccc(N=Nc2ccc(O)c(C(=O)O)c2)cc1. The van der Waals surface area contributed by atoms with Crippen LogP contribution in [0, 0.1) is 0 Å². The van der Waals surface area contributed by atoms with Gasteiger partial charge in [-0.2, -0.15) is 10.2 Å². The molecule has 9 heteroatoms. The zero-order valence-corrected chi connectivity index (χ0v) is 16.0. The second kappa shape index (κ2) is 9.98. The molecule has 0 aliphatic heterocycles. The lowest BCUT2D eigenvalue weighted by molar-refractivity contribution is -0.147. The zero-order valence-electron chi connectivity index (χ0n) is 16.0. The molecule has 2 aromatic rings. The van der Waals surface area contributed by atoms with Crippen molar-refractivity contribution in [1.82, 2.24) is 5.32 Å². The minimum atomic E-state index is -1.27. The number of azo groups is 1. The standard InChI is InChI=1S/C20H21N3O6/c1-12(2)29-18(25)9-10-21-19(26)13-3-5-14(6-4-13)22-23-15-7-8-17(24)16(11-15)20(27)28/h3-8,11-12,24H,9-10H2,1-2H3,(H,21,26)(H,27,28). The molecule has 0 spiro atoms. The number of carbonyl (C=O) groups is 3. The van der Waals surface area contributed by atoms with Crippen molar-refractivity contribution in [3.8, 4) is 5.75 Å². The first-order chi connectivity index (χ1) is 13.8. The zero-order chi connectivity index (χ0) is 21.4. The molecule has 0 saturated heterocycles. The van der Waals surface area contributed by atoms with Gasteiger partial charge in [-0.3, -0.25) is 9.59 Å². The number of nitrogens with zero attached hydrogens (tertiary/aromatic N) is 2. The van der Waals surface area contributed by atoms with Crippen molar-refractivity contribution >= 4 is 29.2 Å². The molecule has 0 atom stereocenters. The number of esters is 1. The Morgan fingerprint density at radius 2 is 1.66 bits per heavy atom. The summed E-state index contributed by atoms with van der Waals surface area (Å²) in [5.41, 5.74) is 0.826. The molecular weight excluding hydrogens is 378 g/mol. The highest BCUT2D eigenvalue weighted by molar-refractivity contribution is 5.94. The van der Waals surface area contributed by atoms with E-state index in [1.165, 1.54) is 18.2 Å². The normalized spacial score (nSPS) is 10.9. The average molecular weight is 399 g/mol. The van der Waals surface area contributed by atoms with E-state index in [1.807, 2.05) is 0 Å². The van der Waals surface area contributed by atoms with Crippen LogP contribution in [0.1, 0.15) is 41.0 Å². The number of benzene rings is 2. The van der Waals surface area contributed by atoms with Crippen molar-refractivity contribution in [2.75, 3.05) is 6.54 Å². The molecule has 1 amide bonds. The summed E-state index contributed by atoms with van der Waals surface area (Å²) in [5, 5.41) is 29.0. The van der Waals surface area contributed by atoms with E-state index in [4.69, 9.17) is 9.84 Å². The Balaban J connectivity index is 1.93. The molecule has 152 valence electrons. The summed E-state index contributed by atoms with van der Waals surface area (Å²) >= 11 is 0. The Kier molecular flexibility index (Phi) is 7.41. The van der Waals surface area contributed by atoms with E-state index in [0.29, 0.717) is 11.3 Å². The Labute approximate surface area is 167 Å². The summed E-state index contributed by atoms with van der Waals surface area (Å²) < 4.78 is 4.98. The molecule has 0 saturated carbocycles. The Morgan fingerprint density at radius 3 is 2.28 bits per heavy atom. The van der Waals surface area contributed by atoms with Crippen LogP contribution in [0.5, 0.6) is 5.75 Å². The lowest BCUT2D eigenvalue weighted by Crippen LogP contribution is -2.27. The van der Waals surface area contributed by atoms with Crippen LogP contribution in [0.25, 0.3) is 0 Å². The first-order valence-corrected chi connectivity index (χ1v) is 8.82. The van der Waals surface area contributed by atoms with E-state index in [1.54, 1.807) is 38.1 Å². The number of carboxylic acids is 1. The third-order valence-corrected chi connectivity index (χ3v) is 3.60. The molecule has 0 fully saturated rings. The predicted octanol–water partition coefficient (Wildman–Crippen LogP) is 3.58. The van der Waals surface area contributed by atoms with Crippen LogP contribution in [-0.4, -0.2) is 40.7 Å². The summed E-state index contributed by atoms with van der Waals surface area (Å²) in [7, 11) is 0. The first kappa shape index (κ1) is 21.5. The molecule has 0 unspecified atom stereocenters. The van der Waals surface area contributed by atoms with Crippen LogP contribution in [0.15, 0.2) is 52.7 Å². The van der Waals surface area contributed by atoms with Gasteiger partial charge in [-0.15, -0.1) is 0 Å². The van der Waals surface area contributed by atoms with Crippen molar-refractivity contribution in [3.63, 3.8) is 0 Å². The maximum absolute atomic E-state index is 12.1. The number of rotatable bonds is 8. The minimum Gasteiger partial charge on any atom is -0.507 e. The summed E-state index contributed by atoms with van der Waals surface area (Å²) in [5.74, 6) is -2.34. The fourth-order valence-corrected chi connectivity index (χ4v) is 2.25. The number of carbonyl (C=O) groups excluding carboxylic acids is 2. The van der Waals surface area contributed by atoms with Gasteiger partial charge in [0, 0.05) is 12.1 Å². The van der Waals surface area contributed by atoms with Crippen LogP contribution in [-0.2, 0) is 9.53 Å². The van der Waals surface area contributed by atoms with Gasteiger partial charge in [0.15, 0.2) is 0 Å². The average Bonchev–Trinajstić information content (AvgIpc) is 2.66. The summed E-state index contributed by atoms with van der Waals surface area (Å²) in [6, 6.07) is 10.1. The van der Waals surface area contributed by atoms with Crippen LogP contribution in [0.3, 0.4) is 0 Å². The van der Waals surface area contributed by atoms with Crippen LogP contribution >= 0.6 is 0 Å². The monoisotopic (exact) mass is 399 g/mol. The molecule has 3 N–H and O–H groups in total. The Bertz CT molecular complexity index is 922. The number of hydrogen-bond acceptors (Lipinski definition) is 7. The molecule has 0 aromatic heterocycles. The molecule has 0 aliphatic carbocycles. The summed E-state index contributed by atoms with van der Waals surface area (Å²) in [6.07, 6.45) is -0.113. The largest absolute Gasteiger partial charge is 0.507 e. The molecule has 0 bridgehead atoms. The van der Waals surface area contributed by atoms with Crippen LogP contribution in [0.4, 0.5) is 11.4 Å². The van der Waals surface area contributed by atoms with Gasteiger partial charge in [0.2, 0.25) is 0 Å². The summed E-state index contributed by atoms with van der Waals surface area (Å²) in [6.45, 7) is 3.67. The van der Waals surface area contributed by atoms with Gasteiger partial charge in [0.25, 0.3) is 5.91 Å². The van der Waals surface area contributed by atoms with Gasteiger partial charge in [-0.05, 0) is 56.3 Å². The van der Waals surface area contributed by atoms with Crippen molar-refractivity contribution in [2.24, 2.45) is 10.2 Å². The highest BCUT2D eigenvalue weighted by atomic mass is 16.5. The van der Waals surface area contributed by atoms with E-state index in [2.05, 4.69) is 15.5 Å². The number of aromatic hydroxyl groups is 1. The molecule has 0 heterocycles. The van der Waals surface area contributed by atoms with Crippen molar-refractivity contribution < 1.29 is 29.3 Å². The van der Waals surface area contributed by atoms with E-state index < -0.39 is 5.97 Å². The molecule has 0 aliphatic rings. The second-order valence-corrected chi connectivity index (χ2v) is 6.30.